The molecule has 0 saturated carbocycles. The summed E-state index contributed by atoms with van der Waals surface area (Å²) in [5.74, 6) is 1.94. The lowest BCUT2D eigenvalue weighted by Gasteiger charge is -2.10. The van der Waals surface area contributed by atoms with Gasteiger partial charge in [-0.05, 0) is 189 Å². The van der Waals surface area contributed by atoms with Crippen LogP contribution in [0.5, 0.6) is 0 Å². The molecule has 1 atom stereocenters. The average molecular weight is 2180 g/mol. The van der Waals surface area contributed by atoms with Gasteiger partial charge in [-0.25, -0.2) is 0 Å². The van der Waals surface area contributed by atoms with E-state index in [0.717, 1.165) is 88.8 Å². The first-order chi connectivity index (χ1) is 54.5. The van der Waals surface area contributed by atoms with Crippen molar-refractivity contribution in [1.82, 2.24) is 0 Å². The molecule has 0 saturated heterocycles. The molecule has 30 heteroatoms. The fourth-order valence-corrected chi connectivity index (χ4v) is 20.0. The summed E-state index contributed by atoms with van der Waals surface area (Å²) >= 11 is 57.4. The summed E-state index contributed by atoms with van der Waals surface area (Å²) in [6.07, 6.45) is 0. The van der Waals surface area contributed by atoms with Crippen molar-refractivity contribution >= 4 is 309 Å². The van der Waals surface area contributed by atoms with Crippen LogP contribution in [-0.4, -0.2) is 77.7 Å². The maximum absolute atomic E-state index is 12.1. The van der Waals surface area contributed by atoms with E-state index >= 15 is 0 Å². The summed E-state index contributed by atoms with van der Waals surface area (Å²) in [7, 11) is -7.15. The zero-order valence-corrected chi connectivity index (χ0v) is 79.3. The second-order valence-corrected chi connectivity index (χ2v) is 38.1. The third-order valence-electron chi connectivity index (χ3n) is 15.0. The lowest BCUT2D eigenvalue weighted by molar-refractivity contribution is -0.176. The molecule has 0 spiro atoms. The van der Waals surface area contributed by atoms with Crippen molar-refractivity contribution in [2.24, 2.45) is 0 Å². The molecule has 0 radical (unpaired) electrons. The second-order valence-electron chi connectivity index (χ2n) is 22.9. The Bertz CT molecular complexity index is 5660. The monoisotopic (exact) mass is 2170 g/mol. The van der Waals surface area contributed by atoms with E-state index in [4.69, 9.17) is 106 Å². The van der Waals surface area contributed by atoms with Crippen LogP contribution in [0.1, 0.15) is 27.7 Å². The van der Waals surface area contributed by atoms with Crippen LogP contribution in [0, 0.1) is 3.57 Å². The van der Waals surface area contributed by atoms with Crippen molar-refractivity contribution in [3.63, 3.8) is 0 Å². The maximum atomic E-state index is 12.1. The van der Waals surface area contributed by atoms with Gasteiger partial charge in [-0.2, -0.15) is 8.42 Å². The summed E-state index contributed by atoms with van der Waals surface area (Å²) < 4.78 is 55.5. The first kappa shape index (κ1) is 97.9. The minimum atomic E-state index is -4.67. The molecule has 12 nitrogen and oxygen atoms in total. The van der Waals surface area contributed by atoms with Gasteiger partial charge in [0.05, 0.1) is 10.8 Å². The molecule has 0 aliphatic heterocycles. The van der Waals surface area contributed by atoms with Gasteiger partial charge < -0.3 is 20.5 Å². The standard InChI is InChI=1S/C16H13N.C14H12BrClOS.C14H12BrClS.2C12H6BrClS.C8H8BrIS.C6H6BClO2.C2H4O2.H2O4S.H2O2/c1-2-8-15(9-3-1)17-16-11-10-13-6-4-5-7-14(13)12-16;1-2-18(17)14-9-10(15)7-8-12(14)11-5-3-4-6-13(11)16;1-2-17-14-9-10(15)7-8-12(14)11-5-3-4-6-13(11)16;2*13-7-4-5-8-11(6-7)15-10-3-1-2-9(14)12(8)10;1-2-11-8-5-6(9)3-4-7(8)10;8-6-4-2-1-3-5(6)7(9)10;1-2(3)4;1-5(2,3)4;1-2/h1-12,17H;3-9H,2H2,1H3;3-9H,2H2,1H3;2*1-6H;3-5H,2H2,1H3;1-4,9-10H;1H3,(H,3,4);(H2,1,2,3,4);1-2H. The highest BCUT2D eigenvalue weighted by molar-refractivity contribution is 14.1. The Morgan fingerprint density at radius 1 is 0.456 bits per heavy atom. The fourth-order valence-electron chi connectivity index (χ4n) is 10.3. The SMILES string of the molecule is CC(=O)O.CCS(=O)c1cc(Br)ccc1-c1ccccc1Cl.CCSc1cc(Br)ccc1-c1ccccc1Cl.CCSc1cc(Br)ccc1I.Clc1cccc2sc3cc(Br)ccc3c12.Clc1cccc2sc3cc(Br)ccc3c12.O=S(=O)(O)O.OB(O)c1ccccc1Cl.OO.c1ccc(Nc2ccc3ccccc3c2)cc1. The van der Waals surface area contributed by atoms with Crippen LogP contribution in [0.2, 0.25) is 25.1 Å². The number of halogens is 11. The smallest absolute Gasteiger partial charge is 0.481 e. The van der Waals surface area contributed by atoms with Crippen molar-refractivity contribution in [1.29, 1.82) is 0 Å². The highest BCUT2D eigenvalue weighted by Gasteiger charge is 2.16. The van der Waals surface area contributed by atoms with Crippen molar-refractivity contribution < 1.29 is 52.2 Å². The number of anilines is 2. The van der Waals surface area contributed by atoms with E-state index in [1.54, 1.807) is 46.9 Å². The minimum absolute atomic E-state index is 0.337. The largest absolute Gasteiger partial charge is 0.489 e. The Hall–Kier alpha value is -4.97. The number of carboxylic acids is 1. The van der Waals surface area contributed by atoms with E-state index in [1.807, 2.05) is 134 Å². The van der Waals surface area contributed by atoms with Crippen LogP contribution in [0.4, 0.5) is 11.4 Å². The first-order valence-electron chi connectivity index (χ1n) is 33.7. The summed E-state index contributed by atoms with van der Waals surface area (Å²) in [6, 6.07) is 90.4. The number of hydrogen-bond donors (Lipinski definition) is 8. The zero-order chi connectivity index (χ0) is 83.6. The van der Waals surface area contributed by atoms with Gasteiger partial charge in [0.1, 0.15) is 0 Å². The van der Waals surface area contributed by atoms with E-state index in [1.165, 1.54) is 70.0 Å². The lowest BCUT2D eigenvalue weighted by atomic mass is 9.80. The molecule has 13 aromatic carbocycles. The Morgan fingerprint density at radius 2 is 0.860 bits per heavy atom. The number of thiophene rings is 2. The van der Waals surface area contributed by atoms with Gasteiger partial charge in [-0.1, -0.05) is 298 Å². The topological polar surface area (TPSA) is 222 Å². The summed E-state index contributed by atoms with van der Waals surface area (Å²) in [5.41, 5.74) is 6.72. The number of thioether (sulfide) groups is 2. The molecular weight excluding hydrogens is 2110 g/mol. The predicted octanol–water partition coefficient (Wildman–Crippen LogP) is 29.9. The number of hydrogen-bond acceptors (Lipinski definition) is 13. The average Bonchev–Trinajstić information content (AvgIpc) is 1.61. The van der Waals surface area contributed by atoms with Crippen LogP contribution < -0.4 is 10.8 Å². The third kappa shape index (κ3) is 32.3. The van der Waals surface area contributed by atoms with Gasteiger partial charge in [-0.3, -0.25) is 28.6 Å². The molecule has 0 bridgehead atoms. The van der Waals surface area contributed by atoms with E-state index < -0.39 is 34.3 Å². The van der Waals surface area contributed by atoms with Gasteiger partial charge >= 0.3 is 17.5 Å². The Kier molecular flexibility index (Phi) is 43.6. The molecule has 114 heavy (non-hydrogen) atoms. The molecular formula is C84H71BBr5Cl5INO11S6. The Labute approximate surface area is 762 Å². The molecule has 2 heterocycles. The van der Waals surface area contributed by atoms with Crippen molar-refractivity contribution in [3.8, 4) is 22.3 Å². The number of carboxylic acid groups (broad SMARTS) is 1. The quantitative estimate of drug-likeness (QED) is 0.0151. The second kappa shape index (κ2) is 50.8. The molecule has 1 unspecified atom stereocenters. The normalized spacial score (nSPS) is 10.6. The molecule has 15 aromatic rings. The number of carbonyl (C=O) groups is 1. The molecule has 0 fully saturated rings. The molecule has 2 aromatic heterocycles. The molecule has 0 amide bonds. The van der Waals surface area contributed by atoms with Crippen molar-refractivity contribution in [2.45, 2.75) is 42.4 Å². The summed E-state index contributed by atoms with van der Waals surface area (Å²) in [6.45, 7) is 7.32. The van der Waals surface area contributed by atoms with Crippen LogP contribution in [-0.2, 0) is 26.0 Å². The number of nitrogens with one attached hydrogen (secondary N) is 1. The van der Waals surface area contributed by atoms with E-state index in [0.29, 0.717) is 21.3 Å². The molecule has 594 valence electrons. The number of fused-ring (bicyclic) bond motifs is 7. The molecule has 0 aliphatic carbocycles. The van der Waals surface area contributed by atoms with Crippen LogP contribution >= 0.6 is 206 Å². The van der Waals surface area contributed by atoms with E-state index in [-0.39, 0.29) is 0 Å². The van der Waals surface area contributed by atoms with E-state index in [2.05, 4.69) is 267 Å². The molecule has 0 aliphatic rings. The van der Waals surface area contributed by atoms with Gasteiger partial charge in [0.15, 0.2) is 0 Å². The summed E-state index contributed by atoms with van der Waals surface area (Å²) in [5, 5.41) is 51.0. The van der Waals surface area contributed by atoms with E-state index in [9.17, 15) is 4.21 Å². The highest BCUT2D eigenvalue weighted by Crippen LogP contribution is 2.42. The van der Waals surface area contributed by atoms with Crippen LogP contribution in [0.25, 0.3) is 73.4 Å². The van der Waals surface area contributed by atoms with Crippen molar-refractivity contribution in [3.05, 3.63) is 324 Å². The Balaban J connectivity index is 0.000000204. The molecule has 15 rings (SSSR count). The zero-order valence-electron chi connectivity index (χ0n) is 60.6. The van der Waals surface area contributed by atoms with Crippen LogP contribution in [0.3, 0.4) is 0 Å². The van der Waals surface area contributed by atoms with Crippen LogP contribution in [0.15, 0.2) is 310 Å². The minimum Gasteiger partial charge on any atom is -0.481 e. The van der Waals surface area contributed by atoms with Crippen molar-refractivity contribution in [2.75, 3.05) is 22.6 Å². The van der Waals surface area contributed by atoms with Gasteiger partial charge in [0.2, 0.25) is 0 Å². The molecule has 8 N–H and O–H groups in total. The third-order valence-corrected chi connectivity index (χ3v) is 25.9. The van der Waals surface area contributed by atoms with Gasteiger partial charge in [0.25, 0.3) is 5.97 Å². The van der Waals surface area contributed by atoms with Gasteiger partial charge in [-0.15, -0.1) is 46.2 Å². The number of benzene rings is 13. The Morgan fingerprint density at radius 3 is 1.34 bits per heavy atom. The number of para-hydroxylation sites is 1. The number of rotatable bonds is 11. The fraction of sp³-hybridized carbons (Fsp3) is 0.0833. The predicted molar refractivity (Wildman–Crippen MR) is 518 cm³/mol. The highest BCUT2D eigenvalue weighted by atomic mass is 127. The summed E-state index contributed by atoms with van der Waals surface area (Å²) in [4.78, 5) is 12.4. The number of aliphatic carboxylic acids is 1. The first-order valence-corrected chi connectivity index (χ1v) is 46.9. The lowest BCUT2D eigenvalue weighted by Crippen LogP contribution is -2.30. The maximum Gasteiger partial charge on any atom is 0.489 e. The van der Waals surface area contributed by atoms with Gasteiger partial charge in [0, 0.05) is 147 Å².